The second-order valence-electron chi connectivity index (χ2n) is 7.86. The molecule has 2 atom stereocenters. The van der Waals surface area contributed by atoms with Crippen LogP contribution in [0.4, 0.5) is 0 Å². The first kappa shape index (κ1) is 20.6. The smallest absolute Gasteiger partial charge is 0.338 e. The predicted molar refractivity (Wildman–Crippen MR) is 108 cm³/mol. The van der Waals surface area contributed by atoms with Crippen molar-refractivity contribution in [3.05, 3.63) is 65.2 Å². The molecule has 0 unspecified atom stereocenters. The first-order valence-corrected chi connectivity index (χ1v) is 11.0. The second kappa shape index (κ2) is 8.45. The van der Waals surface area contributed by atoms with Crippen LogP contribution in [0.3, 0.4) is 0 Å². The van der Waals surface area contributed by atoms with Gasteiger partial charge in [-0.05, 0) is 55.0 Å². The molecule has 0 amide bonds. The van der Waals surface area contributed by atoms with Crippen LogP contribution in [0.2, 0.25) is 0 Å². The summed E-state index contributed by atoms with van der Waals surface area (Å²) < 4.78 is 32.7. The average molecular weight is 402 g/mol. The third kappa shape index (κ3) is 4.80. The number of esters is 1. The standard InChI is InChI=1S/C22H27NO4S/c1-16-5-4-6-19(12-16)15-27-22(24)20-7-9-21(10-8-20)28(25,26)23-13-17(2)11-18(3)14-23/h4-10,12,17-18H,11,13-15H2,1-3H3/t17-,18-/m0/s1. The highest BCUT2D eigenvalue weighted by molar-refractivity contribution is 7.89. The first-order chi connectivity index (χ1) is 13.3. The highest BCUT2D eigenvalue weighted by atomic mass is 32.2. The lowest BCUT2D eigenvalue weighted by Gasteiger charge is -2.34. The summed E-state index contributed by atoms with van der Waals surface area (Å²) in [6.07, 6.45) is 1.04. The number of carbonyl (C=O) groups excluding carboxylic acids is 1. The van der Waals surface area contributed by atoms with Crippen molar-refractivity contribution in [1.29, 1.82) is 0 Å². The summed E-state index contributed by atoms with van der Waals surface area (Å²) in [4.78, 5) is 12.5. The molecular formula is C22H27NO4S. The minimum Gasteiger partial charge on any atom is -0.457 e. The molecule has 3 rings (SSSR count). The summed E-state index contributed by atoms with van der Waals surface area (Å²) >= 11 is 0. The van der Waals surface area contributed by atoms with Gasteiger partial charge in [0, 0.05) is 13.1 Å². The van der Waals surface area contributed by atoms with Crippen LogP contribution in [-0.2, 0) is 21.4 Å². The van der Waals surface area contributed by atoms with Gasteiger partial charge >= 0.3 is 5.97 Å². The molecule has 28 heavy (non-hydrogen) atoms. The third-order valence-electron chi connectivity index (χ3n) is 5.02. The fourth-order valence-electron chi connectivity index (χ4n) is 3.75. The summed E-state index contributed by atoms with van der Waals surface area (Å²) in [7, 11) is -3.55. The summed E-state index contributed by atoms with van der Waals surface area (Å²) in [6.45, 7) is 7.38. The Morgan fingerprint density at radius 1 is 1.07 bits per heavy atom. The maximum atomic E-state index is 12.9. The van der Waals surface area contributed by atoms with Crippen molar-refractivity contribution in [3.63, 3.8) is 0 Å². The number of ether oxygens (including phenoxy) is 1. The Hall–Kier alpha value is -2.18. The number of sulfonamides is 1. The Labute approximate surface area is 167 Å². The van der Waals surface area contributed by atoms with Gasteiger partial charge in [0.15, 0.2) is 0 Å². The highest BCUT2D eigenvalue weighted by Gasteiger charge is 2.31. The molecular weight excluding hydrogens is 374 g/mol. The molecule has 150 valence electrons. The zero-order valence-corrected chi connectivity index (χ0v) is 17.4. The quantitative estimate of drug-likeness (QED) is 0.710. The Kier molecular flexibility index (Phi) is 6.20. The van der Waals surface area contributed by atoms with Gasteiger partial charge in [-0.3, -0.25) is 0 Å². The fourth-order valence-corrected chi connectivity index (χ4v) is 5.43. The Balaban J connectivity index is 1.67. The normalized spacial score (nSPS) is 20.7. The van der Waals surface area contributed by atoms with Crippen molar-refractivity contribution >= 4 is 16.0 Å². The number of benzene rings is 2. The number of rotatable bonds is 5. The van der Waals surface area contributed by atoms with Crippen LogP contribution in [0.15, 0.2) is 53.4 Å². The lowest BCUT2D eigenvalue weighted by Crippen LogP contribution is -2.42. The second-order valence-corrected chi connectivity index (χ2v) is 9.80. The average Bonchev–Trinajstić information content (AvgIpc) is 2.65. The van der Waals surface area contributed by atoms with Gasteiger partial charge in [-0.1, -0.05) is 43.7 Å². The Morgan fingerprint density at radius 2 is 1.71 bits per heavy atom. The zero-order valence-electron chi connectivity index (χ0n) is 16.6. The van der Waals surface area contributed by atoms with Crippen LogP contribution in [-0.4, -0.2) is 31.8 Å². The van der Waals surface area contributed by atoms with Crippen LogP contribution < -0.4 is 0 Å². The van der Waals surface area contributed by atoms with Crippen molar-refractivity contribution in [2.45, 2.75) is 38.7 Å². The SMILES string of the molecule is Cc1cccc(COC(=O)c2ccc(S(=O)(=O)N3C[C@@H](C)C[C@H](C)C3)cc2)c1. The minimum atomic E-state index is -3.55. The molecule has 2 aromatic carbocycles. The molecule has 1 fully saturated rings. The van der Waals surface area contributed by atoms with Crippen LogP contribution in [0, 0.1) is 18.8 Å². The van der Waals surface area contributed by atoms with E-state index in [1.165, 1.54) is 24.3 Å². The molecule has 0 saturated carbocycles. The summed E-state index contributed by atoms with van der Waals surface area (Å²) in [5.41, 5.74) is 2.36. The minimum absolute atomic E-state index is 0.185. The van der Waals surface area contributed by atoms with Gasteiger partial charge in [-0.25, -0.2) is 13.2 Å². The Morgan fingerprint density at radius 3 is 2.32 bits per heavy atom. The lowest BCUT2D eigenvalue weighted by molar-refractivity contribution is 0.0472. The van der Waals surface area contributed by atoms with E-state index in [2.05, 4.69) is 13.8 Å². The number of aryl methyl sites for hydroxylation is 1. The maximum absolute atomic E-state index is 12.9. The number of piperidine rings is 1. The molecule has 1 aliphatic heterocycles. The van der Waals surface area contributed by atoms with Crippen molar-refractivity contribution in [2.24, 2.45) is 11.8 Å². The van der Waals surface area contributed by atoms with E-state index in [1.54, 1.807) is 4.31 Å². The van der Waals surface area contributed by atoms with E-state index in [0.717, 1.165) is 17.5 Å². The molecule has 0 N–H and O–H groups in total. The zero-order chi connectivity index (χ0) is 20.3. The van der Waals surface area contributed by atoms with E-state index in [1.807, 2.05) is 31.2 Å². The Bertz CT molecular complexity index is 927. The summed E-state index contributed by atoms with van der Waals surface area (Å²) in [5, 5.41) is 0. The van der Waals surface area contributed by atoms with Crippen molar-refractivity contribution in [2.75, 3.05) is 13.1 Å². The van der Waals surface area contributed by atoms with Crippen LogP contribution in [0.5, 0.6) is 0 Å². The van der Waals surface area contributed by atoms with Crippen molar-refractivity contribution in [3.8, 4) is 0 Å². The van der Waals surface area contributed by atoms with E-state index >= 15 is 0 Å². The van der Waals surface area contributed by atoms with Gasteiger partial charge in [0.2, 0.25) is 10.0 Å². The molecule has 5 nitrogen and oxygen atoms in total. The van der Waals surface area contributed by atoms with Crippen LogP contribution >= 0.6 is 0 Å². The van der Waals surface area contributed by atoms with Crippen LogP contribution in [0.1, 0.15) is 41.8 Å². The van der Waals surface area contributed by atoms with Gasteiger partial charge in [-0.2, -0.15) is 4.31 Å². The van der Waals surface area contributed by atoms with Crippen LogP contribution in [0.25, 0.3) is 0 Å². The monoisotopic (exact) mass is 401 g/mol. The number of hydrogen-bond donors (Lipinski definition) is 0. The van der Waals surface area contributed by atoms with Gasteiger partial charge < -0.3 is 4.74 Å². The molecule has 6 heteroatoms. The molecule has 1 heterocycles. The molecule has 0 spiro atoms. The van der Waals surface area contributed by atoms with Crippen molar-refractivity contribution in [1.82, 2.24) is 4.31 Å². The highest BCUT2D eigenvalue weighted by Crippen LogP contribution is 2.26. The molecule has 0 aromatic heterocycles. The van der Waals surface area contributed by atoms with E-state index in [9.17, 15) is 13.2 Å². The predicted octanol–water partition coefficient (Wildman–Crippen LogP) is 4.02. The van der Waals surface area contributed by atoms with E-state index in [-0.39, 0.29) is 11.5 Å². The third-order valence-corrected chi connectivity index (χ3v) is 6.86. The van der Waals surface area contributed by atoms with E-state index < -0.39 is 16.0 Å². The molecule has 0 aliphatic carbocycles. The molecule has 0 bridgehead atoms. The topological polar surface area (TPSA) is 63.7 Å². The maximum Gasteiger partial charge on any atom is 0.338 e. The molecule has 1 aliphatic rings. The summed E-state index contributed by atoms with van der Waals surface area (Å²) in [5.74, 6) is 0.217. The van der Waals surface area contributed by atoms with Gasteiger partial charge in [0.1, 0.15) is 6.61 Å². The molecule has 2 aromatic rings. The molecule has 0 radical (unpaired) electrons. The number of carbonyl (C=O) groups is 1. The fraction of sp³-hybridized carbons (Fsp3) is 0.409. The van der Waals surface area contributed by atoms with E-state index in [0.29, 0.717) is 30.5 Å². The van der Waals surface area contributed by atoms with Crippen molar-refractivity contribution < 1.29 is 17.9 Å². The first-order valence-electron chi connectivity index (χ1n) is 9.58. The van der Waals surface area contributed by atoms with E-state index in [4.69, 9.17) is 4.74 Å². The summed E-state index contributed by atoms with van der Waals surface area (Å²) in [6, 6.07) is 13.8. The number of nitrogens with zero attached hydrogens (tertiary/aromatic N) is 1. The largest absolute Gasteiger partial charge is 0.457 e. The number of hydrogen-bond acceptors (Lipinski definition) is 4. The van der Waals surface area contributed by atoms with Gasteiger partial charge in [0.05, 0.1) is 10.5 Å². The van der Waals surface area contributed by atoms with Gasteiger partial charge in [0.25, 0.3) is 0 Å². The van der Waals surface area contributed by atoms with Gasteiger partial charge in [-0.15, -0.1) is 0 Å². The molecule has 1 saturated heterocycles. The lowest BCUT2D eigenvalue weighted by atomic mass is 9.94.